The maximum atomic E-state index is 13.4. The molecule has 2 aromatic rings. The van der Waals surface area contributed by atoms with E-state index >= 15 is 0 Å². The van der Waals surface area contributed by atoms with Crippen molar-refractivity contribution in [2.45, 2.75) is 9.92 Å². The Bertz CT molecular complexity index is 690. The number of nitrogens with one attached hydrogen (secondary N) is 1. The summed E-state index contributed by atoms with van der Waals surface area (Å²) in [6.45, 7) is 0. The van der Waals surface area contributed by atoms with E-state index in [0.717, 1.165) is 11.0 Å². The number of sulfonamides is 1. The molecule has 0 amide bonds. The van der Waals surface area contributed by atoms with Crippen LogP contribution >= 0.6 is 11.8 Å². The summed E-state index contributed by atoms with van der Waals surface area (Å²) in [6.07, 6.45) is 3.11. The van der Waals surface area contributed by atoms with E-state index in [9.17, 15) is 12.8 Å². The molecule has 0 aliphatic carbocycles. The van der Waals surface area contributed by atoms with Crippen LogP contribution in [0.15, 0.2) is 52.5 Å². The summed E-state index contributed by atoms with van der Waals surface area (Å²) in [4.78, 5) is 4.46. The van der Waals surface area contributed by atoms with E-state index in [1.165, 1.54) is 24.0 Å². The van der Waals surface area contributed by atoms with E-state index in [2.05, 4.69) is 9.71 Å². The highest BCUT2D eigenvalue weighted by Crippen LogP contribution is 2.21. The van der Waals surface area contributed by atoms with Crippen molar-refractivity contribution in [3.63, 3.8) is 0 Å². The van der Waals surface area contributed by atoms with Gasteiger partial charge in [0.05, 0.1) is 0 Å². The van der Waals surface area contributed by atoms with Crippen LogP contribution in [0.5, 0.6) is 0 Å². The minimum atomic E-state index is -4.01. The number of halogens is 1. The van der Waals surface area contributed by atoms with Crippen LogP contribution in [0.25, 0.3) is 0 Å². The van der Waals surface area contributed by atoms with Gasteiger partial charge in [0.25, 0.3) is 10.0 Å². The van der Waals surface area contributed by atoms with Crippen molar-refractivity contribution in [2.24, 2.45) is 0 Å². The molecule has 0 bridgehead atoms. The first-order valence-corrected chi connectivity index (χ1v) is 8.01. The molecule has 0 saturated carbocycles. The van der Waals surface area contributed by atoms with Crippen LogP contribution in [-0.4, -0.2) is 19.7 Å². The van der Waals surface area contributed by atoms with Gasteiger partial charge < -0.3 is 0 Å². The molecule has 1 aromatic carbocycles. The normalized spacial score (nSPS) is 11.3. The van der Waals surface area contributed by atoms with Gasteiger partial charge in [-0.05, 0) is 36.6 Å². The molecule has 0 spiro atoms. The van der Waals surface area contributed by atoms with Crippen molar-refractivity contribution >= 4 is 27.5 Å². The molecule has 100 valence electrons. The molecule has 0 fully saturated rings. The summed E-state index contributed by atoms with van der Waals surface area (Å²) in [5, 5.41) is -0.607. The molecule has 2 rings (SSSR count). The molecule has 0 atom stereocenters. The van der Waals surface area contributed by atoms with Crippen molar-refractivity contribution in [3.8, 4) is 0 Å². The Kier molecular flexibility index (Phi) is 4.06. The fourth-order valence-corrected chi connectivity index (χ4v) is 2.98. The Labute approximate surface area is 115 Å². The number of aromatic nitrogens is 1. The Hall–Kier alpha value is -1.60. The van der Waals surface area contributed by atoms with E-state index in [0.29, 0.717) is 5.69 Å². The van der Waals surface area contributed by atoms with Crippen molar-refractivity contribution in [3.05, 3.63) is 48.4 Å². The predicted molar refractivity (Wildman–Crippen MR) is 73.2 cm³/mol. The molecular weight excluding hydrogens is 287 g/mol. The van der Waals surface area contributed by atoms with Crippen LogP contribution in [0.2, 0.25) is 0 Å². The third-order valence-corrected chi connectivity index (χ3v) is 4.34. The fourth-order valence-electron chi connectivity index (χ4n) is 1.46. The fraction of sp³-hybridized carbons (Fsp3) is 0.0833. The Morgan fingerprint density at radius 2 is 2.05 bits per heavy atom. The lowest BCUT2D eigenvalue weighted by Gasteiger charge is -2.08. The summed E-state index contributed by atoms with van der Waals surface area (Å²) in [5.41, 5.74) is 0.372. The van der Waals surface area contributed by atoms with E-state index < -0.39 is 20.9 Å². The number of anilines is 1. The minimum absolute atomic E-state index is 0.372. The highest BCUT2D eigenvalue weighted by molar-refractivity contribution is 7.98. The topological polar surface area (TPSA) is 59.1 Å². The van der Waals surface area contributed by atoms with Gasteiger partial charge in [-0.1, -0.05) is 6.07 Å². The third kappa shape index (κ3) is 3.24. The maximum Gasteiger partial charge on any atom is 0.282 e. The number of hydrogen-bond acceptors (Lipinski definition) is 4. The lowest BCUT2D eigenvalue weighted by atomic mass is 10.3. The second-order valence-electron chi connectivity index (χ2n) is 3.63. The van der Waals surface area contributed by atoms with Crippen molar-refractivity contribution in [2.75, 3.05) is 11.0 Å². The van der Waals surface area contributed by atoms with Gasteiger partial charge in [-0.3, -0.25) is 4.72 Å². The molecule has 19 heavy (non-hydrogen) atoms. The molecule has 0 aliphatic heterocycles. The van der Waals surface area contributed by atoms with Crippen LogP contribution in [0.4, 0.5) is 10.1 Å². The van der Waals surface area contributed by atoms with Crippen LogP contribution in [0.1, 0.15) is 0 Å². The summed E-state index contributed by atoms with van der Waals surface area (Å²) in [7, 11) is -4.01. The third-order valence-electron chi connectivity index (χ3n) is 2.30. The highest BCUT2D eigenvalue weighted by Gasteiger charge is 2.20. The van der Waals surface area contributed by atoms with Gasteiger partial charge in [0.2, 0.25) is 5.03 Å². The minimum Gasteiger partial charge on any atom is -0.278 e. The molecular formula is C12H11FN2O2S2. The number of benzene rings is 1. The first kappa shape index (κ1) is 13.8. The standard InChI is InChI=1S/C12H11FN2O2S2/c1-18-10-5-2-4-9(8-10)15-19(16,17)12-11(13)6-3-7-14-12/h2-8,15H,1H3. The number of nitrogens with zero attached hydrogens (tertiary/aromatic N) is 1. The van der Waals surface area contributed by atoms with E-state index in [-0.39, 0.29) is 0 Å². The summed E-state index contributed by atoms with van der Waals surface area (Å²) in [6, 6.07) is 9.23. The SMILES string of the molecule is CSc1cccc(NS(=O)(=O)c2ncccc2F)c1. The largest absolute Gasteiger partial charge is 0.282 e. The van der Waals surface area contributed by atoms with Gasteiger partial charge in [0.1, 0.15) is 0 Å². The van der Waals surface area contributed by atoms with Crippen LogP contribution in [0, 0.1) is 5.82 Å². The zero-order valence-electron chi connectivity index (χ0n) is 10.00. The summed E-state index contributed by atoms with van der Waals surface area (Å²) in [5.74, 6) is -0.879. The lowest BCUT2D eigenvalue weighted by Crippen LogP contribution is -2.16. The Morgan fingerprint density at radius 3 is 2.74 bits per heavy atom. The predicted octanol–water partition coefficient (Wildman–Crippen LogP) is 2.74. The molecule has 1 N–H and O–H groups in total. The smallest absolute Gasteiger partial charge is 0.278 e. The summed E-state index contributed by atoms with van der Waals surface area (Å²) < 4.78 is 39.8. The summed E-state index contributed by atoms with van der Waals surface area (Å²) >= 11 is 1.48. The van der Waals surface area contributed by atoms with Crippen LogP contribution in [-0.2, 0) is 10.0 Å². The second-order valence-corrected chi connectivity index (χ2v) is 6.11. The zero-order valence-corrected chi connectivity index (χ0v) is 11.6. The average Bonchev–Trinajstić information content (AvgIpc) is 2.38. The molecule has 0 radical (unpaired) electrons. The van der Waals surface area contributed by atoms with Gasteiger partial charge in [-0.15, -0.1) is 11.8 Å². The van der Waals surface area contributed by atoms with Gasteiger partial charge in [-0.25, -0.2) is 9.37 Å². The number of thioether (sulfide) groups is 1. The first-order valence-electron chi connectivity index (χ1n) is 5.30. The molecule has 4 nitrogen and oxygen atoms in total. The monoisotopic (exact) mass is 298 g/mol. The Balaban J connectivity index is 2.34. The van der Waals surface area contributed by atoms with Gasteiger partial charge in [0.15, 0.2) is 5.82 Å². The first-order chi connectivity index (χ1) is 9.03. The Morgan fingerprint density at radius 1 is 1.26 bits per heavy atom. The van der Waals surface area contributed by atoms with Gasteiger partial charge in [0, 0.05) is 16.8 Å². The average molecular weight is 298 g/mol. The molecule has 1 aromatic heterocycles. The number of hydrogen-bond donors (Lipinski definition) is 1. The number of pyridine rings is 1. The maximum absolute atomic E-state index is 13.4. The van der Waals surface area contributed by atoms with Gasteiger partial charge >= 0.3 is 0 Å². The molecule has 0 unspecified atom stereocenters. The molecule has 7 heteroatoms. The van der Waals surface area contributed by atoms with E-state index in [4.69, 9.17) is 0 Å². The van der Waals surface area contributed by atoms with Crippen LogP contribution in [0.3, 0.4) is 0 Å². The van der Waals surface area contributed by atoms with Crippen molar-refractivity contribution < 1.29 is 12.8 Å². The molecule has 1 heterocycles. The number of rotatable bonds is 4. The highest BCUT2D eigenvalue weighted by atomic mass is 32.2. The van der Waals surface area contributed by atoms with Crippen LogP contribution < -0.4 is 4.72 Å². The quantitative estimate of drug-likeness (QED) is 0.882. The lowest BCUT2D eigenvalue weighted by molar-refractivity contribution is 0.557. The van der Waals surface area contributed by atoms with E-state index in [1.807, 2.05) is 12.3 Å². The van der Waals surface area contributed by atoms with Crippen molar-refractivity contribution in [1.82, 2.24) is 4.98 Å². The molecule has 0 aliphatic rings. The molecule has 0 saturated heterocycles. The van der Waals surface area contributed by atoms with E-state index in [1.54, 1.807) is 18.2 Å². The zero-order chi connectivity index (χ0) is 13.9. The van der Waals surface area contributed by atoms with Crippen molar-refractivity contribution in [1.29, 1.82) is 0 Å². The van der Waals surface area contributed by atoms with Gasteiger partial charge in [-0.2, -0.15) is 8.42 Å². The second kappa shape index (κ2) is 5.58.